The summed E-state index contributed by atoms with van der Waals surface area (Å²) in [6.45, 7) is -0.0139. The smallest absolute Gasteiger partial charge is 0.267 e. The number of hydrogen-bond donors (Lipinski definition) is 1. The van der Waals surface area contributed by atoms with E-state index in [4.69, 9.17) is 11.6 Å². The third-order valence-electron chi connectivity index (χ3n) is 3.95. The van der Waals surface area contributed by atoms with Crippen molar-refractivity contribution in [3.63, 3.8) is 0 Å². The molecule has 11 heteroatoms. The number of alkyl halides is 3. The Morgan fingerprint density at radius 2 is 2.00 bits per heavy atom. The Kier molecular flexibility index (Phi) is 5.16. The zero-order valence-corrected chi connectivity index (χ0v) is 15.3. The average molecular weight is 414 g/mol. The monoisotopic (exact) mass is 413 g/mol. The second-order valence-corrected chi connectivity index (χ2v) is 9.37. The summed E-state index contributed by atoms with van der Waals surface area (Å²) in [7, 11) is -3.73. The predicted molar refractivity (Wildman–Crippen MR) is 88.4 cm³/mol. The van der Waals surface area contributed by atoms with Crippen molar-refractivity contribution in [2.75, 3.05) is 6.54 Å². The lowest BCUT2D eigenvalue weighted by Gasteiger charge is -2.14. The van der Waals surface area contributed by atoms with Gasteiger partial charge in [0.2, 0.25) is 10.0 Å². The molecular weight excluding hydrogens is 399 g/mol. The summed E-state index contributed by atoms with van der Waals surface area (Å²) >= 11 is 6.64. The Morgan fingerprint density at radius 3 is 2.64 bits per heavy atom. The van der Waals surface area contributed by atoms with Crippen molar-refractivity contribution in [3.05, 3.63) is 33.4 Å². The van der Waals surface area contributed by atoms with Gasteiger partial charge in [0, 0.05) is 17.8 Å². The molecule has 0 aromatic carbocycles. The quantitative estimate of drug-likeness (QED) is 0.816. The molecule has 0 unspecified atom stereocenters. The lowest BCUT2D eigenvalue weighted by atomic mass is 9.95. The van der Waals surface area contributed by atoms with Crippen molar-refractivity contribution < 1.29 is 21.6 Å². The van der Waals surface area contributed by atoms with Crippen LogP contribution in [-0.2, 0) is 35.6 Å². The summed E-state index contributed by atoms with van der Waals surface area (Å²) in [4.78, 5) is 0. The molecule has 0 saturated heterocycles. The molecule has 25 heavy (non-hydrogen) atoms. The summed E-state index contributed by atoms with van der Waals surface area (Å²) < 4.78 is 67.7. The second kappa shape index (κ2) is 6.90. The number of aromatic nitrogens is 2. The Labute approximate surface area is 151 Å². The van der Waals surface area contributed by atoms with E-state index in [-0.39, 0.29) is 22.9 Å². The minimum Gasteiger partial charge on any atom is -0.267 e. The van der Waals surface area contributed by atoms with E-state index < -0.39 is 21.9 Å². The Bertz CT molecular complexity index is 875. The number of nitrogens with one attached hydrogen (secondary N) is 1. The van der Waals surface area contributed by atoms with Crippen LogP contribution < -0.4 is 4.72 Å². The van der Waals surface area contributed by atoms with E-state index >= 15 is 0 Å². The van der Waals surface area contributed by atoms with Gasteiger partial charge in [-0.3, -0.25) is 4.68 Å². The molecule has 3 rings (SSSR count). The number of nitrogens with zero attached hydrogens (tertiary/aromatic N) is 2. The summed E-state index contributed by atoms with van der Waals surface area (Å²) in [5, 5.41) is 3.70. The van der Waals surface area contributed by atoms with E-state index in [1.807, 2.05) is 0 Å². The predicted octanol–water partition coefficient (Wildman–Crippen LogP) is 3.47. The van der Waals surface area contributed by atoms with Gasteiger partial charge in [-0.2, -0.15) is 18.3 Å². The maximum atomic E-state index is 13.1. The molecule has 0 radical (unpaired) electrons. The van der Waals surface area contributed by atoms with Gasteiger partial charge in [-0.05, 0) is 37.8 Å². The van der Waals surface area contributed by atoms with E-state index in [0.29, 0.717) is 29.3 Å². The lowest BCUT2D eigenvalue weighted by molar-refractivity contribution is -0.142. The Hall–Kier alpha value is -1.10. The zero-order valence-electron chi connectivity index (χ0n) is 12.9. The Morgan fingerprint density at radius 1 is 1.28 bits per heavy atom. The molecule has 0 fully saturated rings. The van der Waals surface area contributed by atoms with E-state index in [9.17, 15) is 21.6 Å². The maximum Gasteiger partial charge on any atom is 0.435 e. The van der Waals surface area contributed by atoms with Crippen LogP contribution in [0.1, 0.15) is 29.8 Å². The second-order valence-electron chi connectivity index (χ2n) is 5.66. The molecule has 0 spiro atoms. The number of thiophene rings is 1. The topological polar surface area (TPSA) is 64.0 Å². The van der Waals surface area contributed by atoms with E-state index in [1.165, 1.54) is 16.8 Å². The largest absolute Gasteiger partial charge is 0.435 e. The molecule has 0 saturated carbocycles. The first-order chi connectivity index (χ1) is 11.7. The van der Waals surface area contributed by atoms with Crippen LogP contribution in [0.3, 0.4) is 0 Å². The molecule has 0 amide bonds. The summed E-state index contributed by atoms with van der Waals surface area (Å²) in [5.74, 6) is 0. The van der Waals surface area contributed by atoms with Crippen LogP contribution in [0.25, 0.3) is 0 Å². The van der Waals surface area contributed by atoms with Crippen LogP contribution in [0.2, 0.25) is 4.34 Å². The fourth-order valence-corrected chi connectivity index (χ4v) is 5.43. The first kappa shape index (κ1) is 18.7. The number of halogens is 4. The van der Waals surface area contributed by atoms with Crippen molar-refractivity contribution in [3.8, 4) is 0 Å². The van der Waals surface area contributed by atoms with Gasteiger partial charge in [0.25, 0.3) is 0 Å². The SMILES string of the molecule is O=S(=O)(NCCn1nc(C(F)(F)F)c2c1CCCC2)c1ccc(Cl)s1. The van der Waals surface area contributed by atoms with E-state index in [1.54, 1.807) is 0 Å². The normalized spacial score (nSPS) is 15.4. The lowest BCUT2D eigenvalue weighted by Crippen LogP contribution is -2.27. The standard InChI is InChI=1S/C14H15ClF3N3O2S2/c15-11-5-6-12(24-11)25(22,23)19-7-8-21-10-4-2-1-3-9(10)13(20-21)14(16,17)18/h5-6,19H,1-4,7-8H2. The van der Waals surface area contributed by atoms with E-state index in [0.717, 1.165) is 17.8 Å². The van der Waals surface area contributed by atoms with Crippen LogP contribution >= 0.6 is 22.9 Å². The van der Waals surface area contributed by atoms with Crippen molar-refractivity contribution >= 4 is 33.0 Å². The van der Waals surface area contributed by atoms with Gasteiger partial charge < -0.3 is 0 Å². The number of rotatable bonds is 5. The van der Waals surface area contributed by atoms with Gasteiger partial charge in [0.1, 0.15) is 4.21 Å². The molecule has 0 bridgehead atoms. The van der Waals surface area contributed by atoms with Crippen LogP contribution in [0.5, 0.6) is 0 Å². The minimum atomic E-state index is -4.50. The van der Waals surface area contributed by atoms with Gasteiger partial charge >= 0.3 is 6.18 Å². The molecule has 2 aromatic rings. The highest BCUT2D eigenvalue weighted by Gasteiger charge is 2.39. The fraction of sp³-hybridized carbons (Fsp3) is 0.500. The van der Waals surface area contributed by atoms with Crippen LogP contribution in [0.15, 0.2) is 16.3 Å². The third-order valence-corrected chi connectivity index (χ3v) is 7.14. The van der Waals surface area contributed by atoms with Crippen molar-refractivity contribution in [2.24, 2.45) is 0 Å². The third kappa shape index (κ3) is 4.02. The van der Waals surface area contributed by atoms with Gasteiger partial charge in [-0.15, -0.1) is 11.3 Å². The minimum absolute atomic E-state index is 0.0384. The molecule has 5 nitrogen and oxygen atoms in total. The molecule has 138 valence electrons. The molecule has 2 heterocycles. The fourth-order valence-electron chi connectivity index (χ4n) is 2.88. The van der Waals surface area contributed by atoms with Gasteiger partial charge in [-0.1, -0.05) is 11.6 Å². The van der Waals surface area contributed by atoms with Crippen LogP contribution in [0.4, 0.5) is 13.2 Å². The molecule has 1 aliphatic rings. The van der Waals surface area contributed by atoms with Crippen molar-refractivity contribution in [2.45, 2.75) is 42.6 Å². The van der Waals surface area contributed by atoms with Crippen molar-refractivity contribution in [1.82, 2.24) is 14.5 Å². The van der Waals surface area contributed by atoms with Gasteiger partial charge in [-0.25, -0.2) is 13.1 Å². The first-order valence-electron chi connectivity index (χ1n) is 7.59. The highest BCUT2D eigenvalue weighted by Crippen LogP contribution is 2.35. The van der Waals surface area contributed by atoms with Gasteiger partial charge in [0.15, 0.2) is 5.69 Å². The number of fused-ring (bicyclic) bond motifs is 1. The zero-order chi connectivity index (χ0) is 18.2. The Balaban J connectivity index is 1.74. The maximum absolute atomic E-state index is 13.1. The van der Waals surface area contributed by atoms with Crippen LogP contribution in [0, 0.1) is 0 Å². The molecule has 2 aromatic heterocycles. The summed E-state index contributed by atoms with van der Waals surface area (Å²) in [6, 6.07) is 2.85. The number of sulfonamides is 1. The van der Waals surface area contributed by atoms with Gasteiger partial charge in [0.05, 0.1) is 10.9 Å². The van der Waals surface area contributed by atoms with Crippen molar-refractivity contribution in [1.29, 1.82) is 0 Å². The summed E-state index contributed by atoms with van der Waals surface area (Å²) in [5.41, 5.74) is -0.0568. The summed E-state index contributed by atoms with van der Waals surface area (Å²) in [6.07, 6.45) is -2.13. The highest BCUT2D eigenvalue weighted by molar-refractivity contribution is 7.91. The van der Waals surface area contributed by atoms with Crippen LogP contribution in [-0.4, -0.2) is 24.7 Å². The first-order valence-corrected chi connectivity index (χ1v) is 10.3. The molecule has 1 aliphatic carbocycles. The highest BCUT2D eigenvalue weighted by atomic mass is 35.5. The molecule has 0 aliphatic heterocycles. The molecule has 0 atom stereocenters. The molecular formula is C14H15ClF3N3O2S2. The van der Waals surface area contributed by atoms with E-state index in [2.05, 4.69) is 9.82 Å². The molecule has 1 N–H and O–H groups in total. The average Bonchev–Trinajstić information content (AvgIpc) is 3.12. The number of hydrogen-bond acceptors (Lipinski definition) is 4.